The SMILES string of the molecule is O=C(Nc1ccccc1Cl)c1ccccc1-c1ncnc2ccccc12. The molecule has 4 aromatic rings. The number of amides is 1. The summed E-state index contributed by atoms with van der Waals surface area (Å²) in [4.78, 5) is 21.6. The van der Waals surface area contributed by atoms with Gasteiger partial charge in [0, 0.05) is 16.5 Å². The Morgan fingerprint density at radius 1 is 0.846 bits per heavy atom. The van der Waals surface area contributed by atoms with E-state index in [4.69, 9.17) is 11.6 Å². The van der Waals surface area contributed by atoms with Gasteiger partial charge in [-0.3, -0.25) is 4.79 Å². The summed E-state index contributed by atoms with van der Waals surface area (Å²) in [5.41, 5.74) is 3.40. The van der Waals surface area contributed by atoms with Gasteiger partial charge in [-0.25, -0.2) is 9.97 Å². The molecule has 0 fully saturated rings. The van der Waals surface area contributed by atoms with Crippen LogP contribution in [0.25, 0.3) is 22.2 Å². The molecule has 5 heteroatoms. The van der Waals surface area contributed by atoms with Crippen molar-refractivity contribution in [1.29, 1.82) is 0 Å². The van der Waals surface area contributed by atoms with Gasteiger partial charge in [-0.15, -0.1) is 0 Å². The molecule has 0 saturated carbocycles. The molecule has 1 heterocycles. The molecule has 0 radical (unpaired) electrons. The molecule has 0 aliphatic rings. The Hall–Kier alpha value is -3.24. The largest absolute Gasteiger partial charge is 0.321 e. The van der Waals surface area contributed by atoms with Crippen LogP contribution in [0.5, 0.6) is 0 Å². The number of aromatic nitrogens is 2. The van der Waals surface area contributed by atoms with Crippen LogP contribution < -0.4 is 5.32 Å². The Morgan fingerprint density at radius 2 is 1.58 bits per heavy atom. The molecule has 126 valence electrons. The summed E-state index contributed by atoms with van der Waals surface area (Å²) < 4.78 is 0. The fourth-order valence-corrected chi connectivity index (χ4v) is 3.04. The van der Waals surface area contributed by atoms with Crippen LogP contribution in [-0.4, -0.2) is 15.9 Å². The summed E-state index contributed by atoms with van der Waals surface area (Å²) in [6.45, 7) is 0. The molecule has 0 spiro atoms. The van der Waals surface area contributed by atoms with E-state index in [9.17, 15) is 4.79 Å². The zero-order valence-corrected chi connectivity index (χ0v) is 14.4. The van der Waals surface area contributed by atoms with Crippen molar-refractivity contribution in [3.63, 3.8) is 0 Å². The van der Waals surface area contributed by atoms with Crippen LogP contribution in [0.2, 0.25) is 5.02 Å². The molecular weight excluding hydrogens is 346 g/mol. The first-order chi connectivity index (χ1) is 12.7. The summed E-state index contributed by atoms with van der Waals surface area (Å²) in [5.74, 6) is -0.239. The second-order valence-corrected chi connectivity index (χ2v) is 6.13. The van der Waals surface area contributed by atoms with Crippen molar-refractivity contribution in [2.75, 3.05) is 5.32 Å². The quantitative estimate of drug-likeness (QED) is 0.546. The maximum Gasteiger partial charge on any atom is 0.256 e. The summed E-state index contributed by atoms with van der Waals surface area (Å²) in [6, 6.07) is 22.3. The Kier molecular flexibility index (Phi) is 4.33. The lowest BCUT2D eigenvalue weighted by Crippen LogP contribution is -2.13. The number of benzene rings is 3. The Balaban J connectivity index is 1.80. The van der Waals surface area contributed by atoms with Crippen LogP contribution in [0.3, 0.4) is 0 Å². The van der Waals surface area contributed by atoms with Crippen molar-refractivity contribution in [3.05, 3.63) is 89.7 Å². The topological polar surface area (TPSA) is 54.9 Å². The smallest absolute Gasteiger partial charge is 0.256 e. The summed E-state index contributed by atoms with van der Waals surface area (Å²) >= 11 is 6.16. The predicted molar refractivity (Wildman–Crippen MR) is 104 cm³/mol. The number of anilines is 1. The number of hydrogen-bond acceptors (Lipinski definition) is 3. The van der Waals surface area contributed by atoms with Gasteiger partial charge in [-0.1, -0.05) is 60.1 Å². The Bertz CT molecular complexity index is 1110. The summed E-state index contributed by atoms with van der Waals surface area (Å²) in [5, 5.41) is 4.26. The van der Waals surface area contributed by atoms with Crippen molar-refractivity contribution >= 4 is 34.1 Å². The van der Waals surface area contributed by atoms with Gasteiger partial charge in [0.05, 0.1) is 21.9 Å². The minimum atomic E-state index is -0.239. The van der Waals surface area contributed by atoms with Crippen molar-refractivity contribution in [1.82, 2.24) is 9.97 Å². The molecule has 0 saturated heterocycles. The van der Waals surface area contributed by atoms with Gasteiger partial charge in [0.25, 0.3) is 5.91 Å². The average molecular weight is 360 g/mol. The minimum Gasteiger partial charge on any atom is -0.321 e. The molecule has 4 rings (SSSR count). The van der Waals surface area contributed by atoms with Crippen LogP contribution in [0, 0.1) is 0 Å². The maximum absolute atomic E-state index is 12.9. The van der Waals surface area contributed by atoms with Crippen molar-refractivity contribution in [3.8, 4) is 11.3 Å². The highest BCUT2D eigenvalue weighted by molar-refractivity contribution is 6.34. The van der Waals surface area contributed by atoms with E-state index in [-0.39, 0.29) is 5.91 Å². The average Bonchev–Trinajstić information content (AvgIpc) is 2.69. The number of hydrogen-bond donors (Lipinski definition) is 1. The summed E-state index contributed by atoms with van der Waals surface area (Å²) in [6.07, 6.45) is 1.51. The monoisotopic (exact) mass is 359 g/mol. The highest BCUT2D eigenvalue weighted by Gasteiger charge is 2.16. The third-order valence-electron chi connectivity index (χ3n) is 4.09. The molecule has 0 aliphatic heterocycles. The van der Waals surface area contributed by atoms with Gasteiger partial charge in [-0.05, 0) is 24.3 Å². The van der Waals surface area contributed by atoms with E-state index in [1.165, 1.54) is 6.33 Å². The first-order valence-corrected chi connectivity index (χ1v) is 8.47. The van der Waals surface area contributed by atoms with Crippen LogP contribution >= 0.6 is 11.6 Å². The second-order valence-electron chi connectivity index (χ2n) is 5.72. The molecule has 0 aliphatic carbocycles. The van der Waals surface area contributed by atoms with Crippen molar-refractivity contribution < 1.29 is 4.79 Å². The van der Waals surface area contributed by atoms with Gasteiger partial charge in [0.15, 0.2) is 0 Å². The number of carbonyl (C=O) groups is 1. The first-order valence-electron chi connectivity index (χ1n) is 8.09. The number of fused-ring (bicyclic) bond motifs is 1. The highest BCUT2D eigenvalue weighted by atomic mass is 35.5. The molecule has 26 heavy (non-hydrogen) atoms. The predicted octanol–water partition coefficient (Wildman–Crippen LogP) is 5.20. The number of carbonyl (C=O) groups excluding carboxylic acids is 1. The van der Waals surface area contributed by atoms with Crippen LogP contribution in [-0.2, 0) is 0 Å². The third-order valence-corrected chi connectivity index (χ3v) is 4.42. The van der Waals surface area contributed by atoms with Gasteiger partial charge >= 0.3 is 0 Å². The van der Waals surface area contributed by atoms with E-state index < -0.39 is 0 Å². The minimum absolute atomic E-state index is 0.239. The lowest BCUT2D eigenvalue weighted by molar-refractivity contribution is 0.102. The van der Waals surface area contributed by atoms with E-state index in [0.29, 0.717) is 16.3 Å². The van der Waals surface area contributed by atoms with Crippen LogP contribution in [0.1, 0.15) is 10.4 Å². The molecule has 0 bridgehead atoms. The molecule has 1 aromatic heterocycles. The van der Waals surface area contributed by atoms with E-state index in [1.54, 1.807) is 18.2 Å². The zero-order valence-electron chi connectivity index (χ0n) is 13.7. The molecule has 0 atom stereocenters. The molecule has 3 aromatic carbocycles. The maximum atomic E-state index is 12.9. The van der Waals surface area contributed by atoms with Gasteiger partial charge in [-0.2, -0.15) is 0 Å². The number of para-hydroxylation sites is 2. The normalized spacial score (nSPS) is 10.7. The van der Waals surface area contributed by atoms with Crippen LogP contribution in [0.4, 0.5) is 5.69 Å². The van der Waals surface area contributed by atoms with Crippen molar-refractivity contribution in [2.45, 2.75) is 0 Å². The van der Waals surface area contributed by atoms with Gasteiger partial charge in [0.2, 0.25) is 0 Å². The first kappa shape index (κ1) is 16.2. The lowest BCUT2D eigenvalue weighted by Gasteiger charge is -2.12. The van der Waals surface area contributed by atoms with E-state index in [1.807, 2.05) is 54.6 Å². The molecule has 1 amide bonds. The number of nitrogens with one attached hydrogen (secondary N) is 1. The van der Waals surface area contributed by atoms with E-state index >= 15 is 0 Å². The summed E-state index contributed by atoms with van der Waals surface area (Å²) in [7, 11) is 0. The molecule has 0 unspecified atom stereocenters. The molecular formula is C21H14ClN3O. The zero-order chi connectivity index (χ0) is 17.9. The number of nitrogens with zero attached hydrogens (tertiary/aromatic N) is 2. The Morgan fingerprint density at radius 3 is 2.46 bits per heavy atom. The lowest BCUT2D eigenvalue weighted by atomic mass is 10.0. The van der Waals surface area contributed by atoms with Crippen LogP contribution in [0.15, 0.2) is 79.1 Å². The second kappa shape index (κ2) is 6.94. The van der Waals surface area contributed by atoms with Gasteiger partial charge in [0.1, 0.15) is 6.33 Å². The van der Waals surface area contributed by atoms with E-state index in [2.05, 4.69) is 15.3 Å². The van der Waals surface area contributed by atoms with E-state index in [0.717, 1.165) is 22.2 Å². The fraction of sp³-hybridized carbons (Fsp3) is 0. The fourth-order valence-electron chi connectivity index (χ4n) is 2.86. The third kappa shape index (κ3) is 3.03. The molecule has 1 N–H and O–H groups in total. The molecule has 4 nitrogen and oxygen atoms in total. The standard InChI is InChI=1S/C21H14ClN3O/c22-17-10-4-6-12-19(17)25-21(26)15-8-2-1-7-14(15)20-16-9-3-5-11-18(16)23-13-24-20/h1-13H,(H,25,26). The Labute approximate surface area is 155 Å². The highest BCUT2D eigenvalue weighted by Crippen LogP contribution is 2.29. The van der Waals surface area contributed by atoms with Crippen molar-refractivity contribution in [2.24, 2.45) is 0 Å². The number of rotatable bonds is 3. The van der Waals surface area contributed by atoms with Gasteiger partial charge < -0.3 is 5.32 Å². The number of halogens is 1.